The van der Waals surface area contributed by atoms with E-state index in [9.17, 15) is 5.11 Å². The van der Waals surface area contributed by atoms with Gasteiger partial charge in [0.15, 0.2) is 29.5 Å². The number of ether oxygens (including phenoxy) is 4. The Morgan fingerprint density at radius 1 is 0.933 bits per heavy atom. The first-order chi connectivity index (χ1) is 14.5. The first-order valence-corrected chi connectivity index (χ1v) is 10.8. The predicted molar refractivity (Wildman–Crippen MR) is 118 cm³/mol. The van der Waals surface area contributed by atoms with Crippen molar-refractivity contribution in [3.05, 3.63) is 42.0 Å². The number of aliphatic hydroxyl groups is 1. The molecule has 30 heavy (non-hydrogen) atoms. The first-order valence-electron chi connectivity index (χ1n) is 9.77. The predicted octanol–water partition coefficient (Wildman–Crippen LogP) is 2.89. The Balaban J connectivity index is 1.82. The molecule has 2 aromatic carbocycles. The van der Waals surface area contributed by atoms with Crippen LogP contribution in [0.25, 0.3) is 0 Å². The Labute approximate surface area is 180 Å². The molecule has 4 rings (SSSR count). The van der Waals surface area contributed by atoms with E-state index in [1.807, 2.05) is 36.4 Å². The molecule has 160 valence electrons. The summed E-state index contributed by atoms with van der Waals surface area (Å²) in [6.45, 7) is 1.12. The van der Waals surface area contributed by atoms with Crippen LogP contribution in [0.4, 0.5) is 5.69 Å². The van der Waals surface area contributed by atoms with Crippen LogP contribution in [0.5, 0.6) is 23.0 Å². The molecule has 8 heteroatoms. The van der Waals surface area contributed by atoms with Crippen LogP contribution in [-0.4, -0.2) is 62.1 Å². The number of rotatable bonds is 6. The van der Waals surface area contributed by atoms with Crippen LogP contribution in [0.15, 0.2) is 36.4 Å². The monoisotopic (exact) mass is 431 g/mol. The standard InChI is InChI=1S/C22H27N2O5S/c1-26-16-7-9-18(27-2)17(13-16)23-14-22(25,24-10-5-11-30-21(23)24)15-6-8-19(28-3)20(12-15)29-4/h6-9,12-13,25H,5,10-11,14H2,1-4H3/q+1. The molecule has 2 aliphatic heterocycles. The molecule has 0 aromatic heterocycles. The van der Waals surface area contributed by atoms with Gasteiger partial charge in [0.1, 0.15) is 5.75 Å². The Bertz CT molecular complexity index is 980. The van der Waals surface area contributed by atoms with Crippen LogP contribution in [0.3, 0.4) is 0 Å². The summed E-state index contributed by atoms with van der Waals surface area (Å²) < 4.78 is 24.0. The van der Waals surface area contributed by atoms with Crippen molar-refractivity contribution in [2.75, 3.05) is 52.2 Å². The number of anilines is 1. The minimum atomic E-state index is -1.21. The largest absolute Gasteiger partial charge is 0.497 e. The molecule has 7 nitrogen and oxygen atoms in total. The highest BCUT2D eigenvalue weighted by Gasteiger charge is 2.54. The summed E-state index contributed by atoms with van der Waals surface area (Å²) in [5, 5.41) is 12.9. The fourth-order valence-electron chi connectivity index (χ4n) is 4.03. The number of benzene rings is 2. The first kappa shape index (κ1) is 20.7. The lowest BCUT2D eigenvalue weighted by Gasteiger charge is -2.25. The molecule has 1 atom stereocenters. The number of hydrogen-bond acceptors (Lipinski definition) is 7. The second kappa shape index (κ2) is 8.28. The van der Waals surface area contributed by atoms with Gasteiger partial charge in [0.25, 0.3) is 5.72 Å². The van der Waals surface area contributed by atoms with Crippen LogP contribution in [-0.2, 0) is 5.72 Å². The van der Waals surface area contributed by atoms with Gasteiger partial charge in [-0.15, -0.1) is 0 Å². The van der Waals surface area contributed by atoms with Crippen molar-refractivity contribution in [2.24, 2.45) is 0 Å². The fraction of sp³-hybridized carbons (Fsp3) is 0.409. The summed E-state index contributed by atoms with van der Waals surface area (Å²) in [6, 6.07) is 11.3. The summed E-state index contributed by atoms with van der Waals surface area (Å²) in [5.74, 6) is 3.68. The maximum atomic E-state index is 11.9. The normalized spacial score (nSPS) is 20.8. The minimum Gasteiger partial charge on any atom is -0.497 e. The lowest BCUT2D eigenvalue weighted by molar-refractivity contribution is -0.656. The Morgan fingerprint density at radius 3 is 2.37 bits per heavy atom. The average Bonchev–Trinajstić information content (AvgIpc) is 3.12. The van der Waals surface area contributed by atoms with E-state index in [2.05, 4.69) is 9.48 Å². The summed E-state index contributed by atoms with van der Waals surface area (Å²) in [7, 11) is 6.50. The quantitative estimate of drug-likeness (QED) is 0.706. The van der Waals surface area contributed by atoms with Crippen LogP contribution in [0.2, 0.25) is 0 Å². The van der Waals surface area contributed by atoms with Crippen LogP contribution in [0, 0.1) is 0 Å². The fourth-order valence-corrected chi connectivity index (χ4v) is 5.20. The lowest BCUT2D eigenvalue weighted by Crippen LogP contribution is -2.41. The van der Waals surface area contributed by atoms with Crippen molar-refractivity contribution in [1.82, 2.24) is 0 Å². The summed E-state index contributed by atoms with van der Waals surface area (Å²) in [6.07, 6.45) is 0.993. The molecule has 2 heterocycles. The topological polar surface area (TPSA) is 63.4 Å². The molecule has 1 unspecified atom stereocenters. The smallest absolute Gasteiger partial charge is 0.316 e. The molecule has 0 fully saturated rings. The van der Waals surface area contributed by atoms with Gasteiger partial charge in [0, 0.05) is 17.4 Å². The molecule has 0 aliphatic carbocycles. The highest BCUT2D eigenvalue weighted by Crippen LogP contribution is 2.43. The third-order valence-corrected chi connectivity index (χ3v) is 6.76. The third-order valence-electron chi connectivity index (χ3n) is 5.57. The van der Waals surface area contributed by atoms with Gasteiger partial charge in [-0.2, -0.15) is 0 Å². The van der Waals surface area contributed by atoms with Crippen LogP contribution < -0.4 is 23.8 Å². The van der Waals surface area contributed by atoms with E-state index in [0.29, 0.717) is 18.0 Å². The molecule has 0 spiro atoms. The molecule has 2 aliphatic rings. The lowest BCUT2D eigenvalue weighted by atomic mass is 10.0. The van der Waals surface area contributed by atoms with Crippen molar-refractivity contribution in [3.63, 3.8) is 0 Å². The van der Waals surface area contributed by atoms with Crippen molar-refractivity contribution < 1.29 is 28.6 Å². The van der Waals surface area contributed by atoms with Gasteiger partial charge in [-0.25, -0.2) is 9.48 Å². The van der Waals surface area contributed by atoms with Crippen LogP contribution >= 0.6 is 11.8 Å². The van der Waals surface area contributed by atoms with Gasteiger partial charge in [0.05, 0.1) is 35.0 Å². The number of nitrogens with zero attached hydrogens (tertiary/aromatic N) is 2. The molecule has 0 saturated heterocycles. The highest BCUT2D eigenvalue weighted by atomic mass is 32.2. The van der Waals surface area contributed by atoms with Gasteiger partial charge in [-0.1, -0.05) is 0 Å². The SMILES string of the molecule is COc1ccc(OC)c(N2CC(O)(c3ccc(OC)c(OC)c3)[N+]3=C2SCCC3)c1. The minimum absolute atomic E-state index is 0.356. The maximum absolute atomic E-state index is 11.9. The number of methoxy groups -OCH3 is 4. The van der Waals surface area contributed by atoms with Crippen molar-refractivity contribution in [1.29, 1.82) is 0 Å². The summed E-state index contributed by atoms with van der Waals surface area (Å²) in [4.78, 5) is 2.11. The molecular weight excluding hydrogens is 404 g/mol. The van der Waals surface area contributed by atoms with Gasteiger partial charge in [-0.3, -0.25) is 0 Å². The van der Waals surface area contributed by atoms with Gasteiger partial charge < -0.3 is 24.1 Å². The zero-order valence-corrected chi connectivity index (χ0v) is 18.5. The molecule has 0 bridgehead atoms. The molecular formula is C22H27N2O5S+. The van der Waals surface area contributed by atoms with E-state index in [-0.39, 0.29) is 0 Å². The van der Waals surface area contributed by atoms with E-state index >= 15 is 0 Å². The second-order valence-corrected chi connectivity index (χ2v) is 8.21. The van der Waals surface area contributed by atoms with Gasteiger partial charge in [-0.05, 0) is 48.5 Å². The van der Waals surface area contributed by atoms with Crippen molar-refractivity contribution in [3.8, 4) is 23.0 Å². The molecule has 0 amide bonds. The Hall–Kier alpha value is -2.58. The summed E-state index contributed by atoms with van der Waals surface area (Å²) >= 11 is 1.74. The van der Waals surface area contributed by atoms with Crippen molar-refractivity contribution in [2.45, 2.75) is 12.1 Å². The maximum Gasteiger partial charge on any atom is 0.316 e. The van der Waals surface area contributed by atoms with Crippen molar-refractivity contribution >= 4 is 22.6 Å². The zero-order chi connectivity index (χ0) is 21.3. The molecule has 1 N–H and O–H groups in total. The van der Waals surface area contributed by atoms with E-state index in [0.717, 1.165) is 46.6 Å². The van der Waals surface area contributed by atoms with E-state index in [1.165, 1.54) is 0 Å². The van der Waals surface area contributed by atoms with Crippen LogP contribution in [0.1, 0.15) is 12.0 Å². The highest BCUT2D eigenvalue weighted by molar-refractivity contribution is 8.13. The third kappa shape index (κ3) is 3.33. The number of amidine groups is 1. The molecule has 2 aromatic rings. The number of hydrogen-bond donors (Lipinski definition) is 1. The molecule has 0 radical (unpaired) electrons. The average molecular weight is 432 g/mol. The van der Waals surface area contributed by atoms with Gasteiger partial charge >= 0.3 is 5.17 Å². The Kier molecular flexibility index (Phi) is 5.71. The number of β-amino-alcohol motifs (C(OH)–C–C–N with tert-alkyl or cyclic N) is 1. The molecule has 0 saturated carbocycles. The Morgan fingerprint density at radius 2 is 1.67 bits per heavy atom. The van der Waals surface area contributed by atoms with E-state index in [1.54, 1.807) is 40.2 Å². The zero-order valence-electron chi connectivity index (χ0n) is 17.7. The van der Waals surface area contributed by atoms with E-state index in [4.69, 9.17) is 18.9 Å². The van der Waals surface area contributed by atoms with E-state index < -0.39 is 5.72 Å². The number of thioether (sulfide) groups is 1. The second-order valence-electron chi connectivity index (χ2n) is 7.15. The summed E-state index contributed by atoms with van der Waals surface area (Å²) in [5.41, 5.74) is 0.406. The van der Waals surface area contributed by atoms with Gasteiger partial charge in [0.2, 0.25) is 0 Å².